The van der Waals surface area contributed by atoms with Crippen LogP contribution in [0.5, 0.6) is 0 Å². The molecule has 1 fully saturated rings. The maximum atomic E-state index is 3.62. The molecule has 2 rings (SSSR count). The Morgan fingerprint density at radius 3 is 2.25 bits per heavy atom. The van der Waals surface area contributed by atoms with Crippen LogP contribution in [0.4, 0.5) is 0 Å². The van der Waals surface area contributed by atoms with Crippen LogP contribution in [0.15, 0.2) is 29.8 Å². The number of hydrogen-bond acceptors (Lipinski definition) is 0. The number of allylic oxidation sites excluding steroid dienone is 1. The lowest BCUT2D eigenvalue weighted by molar-refractivity contribution is 1.46. The van der Waals surface area contributed by atoms with Crippen LogP contribution in [0.2, 0.25) is 0 Å². The molecule has 1 saturated carbocycles. The normalized spacial score (nSPS) is 14.7. The first-order valence-corrected chi connectivity index (χ1v) is 5.01. The molecule has 0 aromatic heterocycles. The van der Waals surface area contributed by atoms with Crippen LogP contribution in [-0.4, -0.2) is 0 Å². The van der Waals surface area contributed by atoms with Crippen LogP contribution in [-0.2, 0) is 0 Å². The van der Waals surface area contributed by atoms with E-state index in [1.807, 2.05) is 0 Å². The molecule has 0 N–H and O–H groups in total. The fraction of sp³-hybridized carbons (Fsp3) is 0.273. The summed E-state index contributed by atoms with van der Waals surface area (Å²) in [5.74, 6) is 0. The Labute approximate surface area is 81.4 Å². The maximum absolute atomic E-state index is 3.62. The number of aryl methyl sites for hydroxylation is 1. The molecule has 12 heavy (non-hydrogen) atoms. The highest BCUT2D eigenvalue weighted by atomic mass is 79.9. The van der Waals surface area contributed by atoms with Crippen molar-refractivity contribution in [3.8, 4) is 0 Å². The summed E-state index contributed by atoms with van der Waals surface area (Å²) in [6, 6.07) is 8.65. The molecule has 1 aromatic rings. The summed E-state index contributed by atoms with van der Waals surface area (Å²) in [6.45, 7) is 2.11. The summed E-state index contributed by atoms with van der Waals surface area (Å²) in [5.41, 5.74) is 4.19. The van der Waals surface area contributed by atoms with Crippen molar-refractivity contribution in [1.29, 1.82) is 0 Å². The quantitative estimate of drug-likeness (QED) is 0.677. The Balaban J connectivity index is 2.35. The average Bonchev–Trinajstić information content (AvgIpc) is 2.87. The molecule has 1 aromatic carbocycles. The molecule has 0 saturated heterocycles. The Morgan fingerprint density at radius 1 is 1.17 bits per heavy atom. The van der Waals surface area contributed by atoms with Gasteiger partial charge in [0.2, 0.25) is 0 Å². The first-order valence-electron chi connectivity index (χ1n) is 4.22. The van der Waals surface area contributed by atoms with Crippen molar-refractivity contribution in [2.45, 2.75) is 19.8 Å². The van der Waals surface area contributed by atoms with Gasteiger partial charge in [-0.2, -0.15) is 0 Å². The summed E-state index contributed by atoms with van der Waals surface area (Å²) in [7, 11) is 0. The van der Waals surface area contributed by atoms with Crippen molar-refractivity contribution in [2.24, 2.45) is 0 Å². The molecule has 0 aliphatic heterocycles. The number of benzene rings is 1. The highest BCUT2D eigenvalue weighted by molar-refractivity contribution is 9.15. The largest absolute Gasteiger partial charge is 0.0587 e. The predicted molar refractivity (Wildman–Crippen MR) is 56.3 cm³/mol. The van der Waals surface area contributed by atoms with Gasteiger partial charge in [-0.05, 0) is 25.3 Å². The van der Waals surface area contributed by atoms with Crippen LogP contribution in [0.1, 0.15) is 24.0 Å². The molecule has 0 nitrogen and oxygen atoms in total. The lowest BCUT2D eigenvalue weighted by Crippen LogP contribution is -1.76. The van der Waals surface area contributed by atoms with Gasteiger partial charge in [-0.25, -0.2) is 0 Å². The summed E-state index contributed by atoms with van der Waals surface area (Å²) >= 11 is 3.62. The zero-order valence-electron chi connectivity index (χ0n) is 7.10. The van der Waals surface area contributed by atoms with E-state index in [1.54, 1.807) is 5.57 Å². The van der Waals surface area contributed by atoms with Crippen molar-refractivity contribution >= 4 is 20.4 Å². The standard InChI is InChI=1S/C11H11Br/c1-8-2-4-9(5-3-8)11(12)10-6-7-10/h2-5H,6-7H2,1H3. The second-order valence-electron chi connectivity index (χ2n) is 3.28. The maximum Gasteiger partial charge on any atom is 0.0239 e. The molecule has 0 radical (unpaired) electrons. The van der Waals surface area contributed by atoms with E-state index in [-0.39, 0.29) is 0 Å². The molecule has 0 spiro atoms. The minimum atomic E-state index is 1.27. The minimum absolute atomic E-state index is 1.27. The molecule has 0 amide bonds. The van der Waals surface area contributed by atoms with Crippen molar-refractivity contribution in [3.63, 3.8) is 0 Å². The zero-order valence-corrected chi connectivity index (χ0v) is 8.69. The molecule has 1 aliphatic carbocycles. The number of halogens is 1. The average molecular weight is 223 g/mol. The smallest absolute Gasteiger partial charge is 0.0239 e. The molecular formula is C11H11Br. The molecule has 1 aliphatic rings. The second kappa shape index (κ2) is 3.06. The summed E-state index contributed by atoms with van der Waals surface area (Å²) < 4.78 is 1.31. The van der Waals surface area contributed by atoms with Crippen molar-refractivity contribution in [2.75, 3.05) is 0 Å². The van der Waals surface area contributed by atoms with Crippen LogP contribution < -0.4 is 0 Å². The van der Waals surface area contributed by atoms with Gasteiger partial charge >= 0.3 is 0 Å². The fourth-order valence-corrected chi connectivity index (χ4v) is 1.85. The van der Waals surface area contributed by atoms with Gasteiger partial charge in [-0.3, -0.25) is 0 Å². The van der Waals surface area contributed by atoms with E-state index in [2.05, 4.69) is 47.1 Å². The van der Waals surface area contributed by atoms with Crippen molar-refractivity contribution in [1.82, 2.24) is 0 Å². The second-order valence-corrected chi connectivity index (χ2v) is 4.08. The lowest BCUT2D eigenvalue weighted by atomic mass is 10.1. The van der Waals surface area contributed by atoms with E-state index in [0.717, 1.165) is 0 Å². The third-order valence-corrected chi connectivity index (χ3v) is 3.13. The Hall–Kier alpha value is -0.560. The van der Waals surface area contributed by atoms with Gasteiger partial charge in [-0.15, -0.1) is 0 Å². The fourth-order valence-electron chi connectivity index (χ4n) is 1.19. The molecule has 1 heteroatoms. The van der Waals surface area contributed by atoms with Crippen molar-refractivity contribution in [3.05, 3.63) is 41.0 Å². The zero-order chi connectivity index (χ0) is 8.55. The Kier molecular flexibility index (Phi) is 2.05. The molecular weight excluding hydrogens is 212 g/mol. The van der Waals surface area contributed by atoms with Crippen LogP contribution >= 0.6 is 15.9 Å². The SMILES string of the molecule is Cc1ccc(C(Br)=C2CC2)cc1. The Bertz CT molecular complexity index is 313. The first-order chi connectivity index (χ1) is 5.77. The predicted octanol–water partition coefficient (Wildman–Crippen LogP) is 3.89. The Morgan fingerprint density at radius 2 is 1.75 bits per heavy atom. The van der Waals surface area contributed by atoms with Gasteiger partial charge in [0.05, 0.1) is 0 Å². The molecule has 0 heterocycles. The van der Waals surface area contributed by atoms with Gasteiger partial charge in [0.15, 0.2) is 0 Å². The van der Waals surface area contributed by atoms with Gasteiger partial charge in [0, 0.05) is 4.48 Å². The van der Waals surface area contributed by atoms with Gasteiger partial charge in [-0.1, -0.05) is 51.3 Å². The van der Waals surface area contributed by atoms with E-state index in [4.69, 9.17) is 0 Å². The summed E-state index contributed by atoms with van der Waals surface area (Å²) in [5, 5.41) is 0. The molecule has 0 unspecified atom stereocenters. The number of rotatable bonds is 1. The van der Waals surface area contributed by atoms with Crippen LogP contribution in [0.3, 0.4) is 0 Å². The minimum Gasteiger partial charge on any atom is -0.0587 e. The topological polar surface area (TPSA) is 0 Å². The van der Waals surface area contributed by atoms with Crippen LogP contribution in [0.25, 0.3) is 4.48 Å². The van der Waals surface area contributed by atoms with Crippen LogP contribution in [0, 0.1) is 6.92 Å². The summed E-state index contributed by atoms with van der Waals surface area (Å²) in [4.78, 5) is 0. The molecule has 62 valence electrons. The van der Waals surface area contributed by atoms with E-state index < -0.39 is 0 Å². The van der Waals surface area contributed by atoms with Crippen molar-refractivity contribution < 1.29 is 0 Å². The highest BCUT2D eigenvalue weighted by Gasteiger charge is 2.16. The van der Waals surface area contributed by atoms with E-state index >= 15 is 0 Å². The van der Waals surface area contributed by atoms with Gasteiger partial charge < -0.3 is 0 Å². The van der Waals surface area contributed by atoms with E-state index in [9.17, 15) is 0 Å². The first kappa shape index (κ1) is 8.06. The molecule has 0 bridgehead atoms. The van der Waals surface area contributed by atoms with Gasteiger partial charge in [0.25, 0.3) is 0 Å². The lowest BCUT2D eigenvalue weighted by Gasteiger charge is -1.98. The molecule has 0 atom stereocenters. The highest BCUT2D eigenvalue weighted by Crippen LogP contribution is 2.39. The monoisotopic (exact) mass is 222 g/mol. The summed E-state index contributed by atoms with van der Waals surface area (Å²) in [6.07, 6.45) is 2.54. The van der Waals surface area contributed by atoms with E-state index in [1.165, 1.54) is 28.5 Å². The third kappa shape index (κ3) is 1.61. The number of hydrogen-bond donors (Lipinski definition) is 0. The van der Waals surface area contributed by atoms with E-state index in [0.29, 0.717) is 0 Å². The van der Waals surface area contributed by atoms with Gasteiger partial charge in [0.1, 0.15) is 0 Å². The third-order valence-electron chi connectivity index (χ3n) is 2.12.